The van der Waals surface area contributed by atoms with Crippen LogP contribution in [0, 0.1) is 0 Å². The van der Waals surface area contributed by atoms with Crippen LogP contribution in [-0.4, -0.2) is 19.7 Å². The third-order valence-electron chi connectivity index (χ3n) is 5.01. The van der Waals surface area contributed by atoms with Crippen molar-refractivity contribution in [1.29, 1.82) is 0 Å². The molecule has 0 aromatic heterocycles. The second-order valence-corrected chi connectivity index (χ2v) is 6.09. The number of nitrogens with one attached hydrogen (secondary N) is 1. The first-order valence-electron chi connectivity index (χ1n) is 7.85. The molecule has 1 unspecified atom stereocenters. The van der Waals surface area contributed by atoms with Gasteiger partial charge in [0.25, 0.3) is 0 Å². The standard InChI is InChI=1S/C19H21NO/c1-21-15-8-6-14-10-11-20-18-9-7-13-4-2-3-5-16(13)19(18)17(14)12-15/h2-6,8,12,18-20H,7,9-11H2,1H3/t18-,19?/m1/s1. The average molecular weight is 279 g/mol. The highest BCUT2D eigenvalue weighted by Crippen LogP contribution is 2.40. The molecule has 0 bridgehead atoms. The predicted octanol–water partition coefficient (Wildman–Crippen LogP) is 3.29. The first-order valence-corrected chi connectivity index (χ1v) is 7.85. The first kappa shape index (κ1) is 12.9. The Kier molecular flexibility index (Phi) is 3.19. The lowest BCUT2D eigenvalue weighted by Crippen LogP contribution is -2.38. The Labute approximate surface area is 126 Å². The highest BCUT2D eigenvalue weighted by Gasteiger charge is 2.33. The third-order valence-corrected chi connectivity index (χ3v) is 5.01. The lowest BCUT2D eigenvalue weighted by Gasteiger charge is -2.34. The molecule has 0 amide bonds. The van der Waals surface area contributed by atoms with Gasteiger partial charge in [0.15, 0.2) is 0 Å². The van der Waals surface area contributed by atoms with Crippen LogP contribution in [0.25, 0.3) is 0 Å². The van der Waals surface area contributed by atoms with Gasteiger partial charge in [-0.15, -0.1) is 0 Å². The van der Waals surface area contributed by atoms with E-state index in [1.807, 2.05) is 0 Å². The summed E-state index contributed by atoms with van der Waals surface area (Å²) >= 11 is 0. The number of hydrogen-bond acceptors (Lipinski definition) is 2. The van der Waals surface area contributed by atoms with E-state index >= 15 is 0 Å². The highest BCUT2D eigenvalue weighted by atomic mass is 16.5. The molecule has 1 aliphatic heterocycles. The Hall–Kier alpha value is -1.80. The van der Waals surface area contributed by atoms with Crippen LogP contribution >= 0.6 is 0 Å². The second-order valence-electron chi connectivity index (χ2n) is 6.09. The van der Waals surface area contributed by atoms with E-state index in [0.29, 0.717) is 12.0 Å². The van der Waals surface area contributed by atoms with Gasteiger partial charge in [-0.3, -0.25) is 0 Å². The normalized spacial score (nSPS) is 23.5. The zero-order valence-corrected chi connectivity index (χ0v) is 12.4. The predicted molar refractivity (Wildman–Crippen MR) is 85.1 cm³/mol. The largest absolute Gasteiger partial charge is 0.497 e. The Morgan fingerprint density at radius 2 is 1.86 bits per heavy atom. The van der Waals surface area contributed by atoms with Gasteiger partial charge in [-0.1, -0.05) is 30.3 Å². The molecule has 2 atom stereocenters. The van der Waals surface area contributed by atoms with Crippen LogP contribution in [0.2, 0.25) is 0 Å². The highest BCUT2D eigenvalue weighted by molar-refractivity contribution is 5.48. The smallest absolute Gasteiger partial charge is 0.119 e. The van der Waals surface area contributed by atoms with Crippen molar-refractivity contribution in [2.45, 2.75) is 31.2 Å². The van der Waals surface area contributed by atoms with Crippen LogP contribution in [0.1, 0.15) is 34.6 Å². The molecule has 2 aromatic rings. The molecule has 2 aromatic carbocycles. The van der Waals surface area contributed by atoms with E-state index in [-0.39, 0.29) is 0 Å². The minimum atomic E-state index is 0.461. The molecule has 1 N–H and O–H groups in total. The van der Waals surface area contributed by atoms with Crippen molar-refractivity contribution in [3.63, 3.8) is 0 Å². The topological polar surface area (TPSA) is 21.3 Å². The number of methoxy groups -OCH3 is 1. The van der Waals surface area contributed by atoms with E-state index in [0.717, 1.165) is 18.7 Å². The number of hydrogen-bond donors (Lipinski definition) is 1. The van der Waals surface area contributed by atoms with E-state index in [1.165, 1.54) is 35.1 Å². The molecule has 0 spiro atoms. The summed E-state index contributed by atoms with van der Waals surface area (Å²) in [5.41, 5.74) is 5.93. The quantitative estimate of drug-likeness (QED) is 0.865. The lowest BCUT2D eigenvalue weighted by molar-refractivity contribution is 0.410. The molecule has 21 heavy (non-hydrogen) atoms. The van der Waals surface area contributed by atoms with Crippen molar-refractivity contribution < 1.29 is 4.74 Å². The zero-order valence-electron chi connectivity index (χ0n) is 12.4. The summed E-state index contributed by atoms with van der Waals surface area (Å²) in [7, 11) is 1.75. The van der Waals surface area contributed by atoms with Gasteiger partial charge in [0.1, 0.15) is 5.75 Å². The number of benzene rings is 2. The molecule has 1 aliphatic carbocycles. The van der Waals surface area contributed by atoms with Crippen molar-refractivity contribution in [2.24, 2.45) is 0 Å². The molecule has 2 heteroatoms. The van der Waals surface area contributed by atoms with Crippen LogP contribution in [0.5, 0.6) is 5.75 Å². The lowest BCUT2D eigenvalue weighted by atomic mass is 9.75. The summed E-state index contributed by atoms with van der Waals surface area (Å²) in [6, 6.07) is 16.1. The molecule has 108 valence electrons. The molecule has 0 radical (unpaired) electrons. The van der Waals surface area contributed by atoms with E-state index in [2.05, 4.69) is 47.8 Å². The molecule has 0 fully saturated rings. The van der Waals surface area contributed by atoms with Crippen molar-refractivity contribution in [2.75, 3.05) is 13.7 Å². The van der Waals surface area contributed by atoms with Crippen molar-refractivity contribution >= 4 is 0 Å². The van der Waals surface area contributed by atoms with Crippen LogP contribution < -0.4 is 10.1 Å². The molecule has 2 aliphatic rings. The van der Waals surface area contributed by atoms with Crippen LogP contribution in [0.3, 0.4) is 0 Å². The molecule has 0 saturated heterocycles. The first-order chi connectivity index (χ1) is 10.4. The van der Waals surface area contributed by atoms with Gasteiger partial charge in [-0.05, 0) is 60.2 Å². The maximum absolute atomic E-state index is 5.47. The summed E-state index contributed by atoms with van der Waals surface area (Å²) < 4.78 is 5.47. The van der Waals surface area contributed by atoms with Gasteiger partial charge in [0.05, 0.1) is 7.11 Å². The average Bonchev–Trinajstić information content (AvgIpc) is 2.73. The fourth-order valence-electron chi connectivity index (χ4n) is 3.97. The molecule has 1 heterocycles. The van der Waals surface area contributed by atoms with Crippen LogP contribution in [0.4, 0.5) is 0 Å². The maximum atomic E-state index is 5.47. The van der Waals surface area contributed by atoms with Crippen molar-refractivity contribution in [3.05, 3.63) is 64.7 Å². The number of rotatable bonds is 1. The maximum Gasteiger partial charge on any atom is 0.119 e. The van der Waals surface area contributed by atoms with E-state index < -0.39 is 0 Å². The third kappa shape index (κ3) is 2.14. The Morgan fingerprint density at radius 1 is 1.00 bits per heavy atom. The molecule has 0 saturated carbocycles. The van der Waals surface area contributed by atoms with Crippen LogP contribution in [0.15, 0.2) is 42.5 Å². The number of aryl methyl sites for hydroxylation is 1. The van der Waals surface area contributed by atoms with E-state index in [9.17, 15) is 0 Å². The molecule has 2 nitrogen and oxygen atoms in total. The summed E-state index contributed by atoms with van der Waals surface area (Å²) in [5.74, 6) is 1.43. The van der Waals surface area contributed by atoms with Gasteiger partial charge in [-0.25, -0.2) is 0 Å². The molecular weight excluding hydrogens is 258 g/mol. The Balaban J connectivity index is 1.90. The minimum Gasteiger partial charge on any atom is -0.497 e. The summed E-state index contributed by atoms with van der Waals surface area (Å²) in [5, 5.41) is 3.77. The summed E-state index contributed by atoms with van der Waals surface area (Å²) in [6.45, 7) is 1.07. The number of ether oxygens (including phenoxy) is 1. The fourth-order valence-corrected chi connectivity index (χ4v) is 3.97. The Bertz CT molecular complexity index is 664. The second kappa shape index (κ2) is 5.19. The Morgan fingerprint density at radius 3 is 2.76 bits per heavy atom. The monoisotopic (exact) mass is 279 g/mol. The van der Waals surface area contributed by atoms with Gasteiger partial charge in [0, 0.05) is 12.0 Å². The molecule has 4 rings (SSSR count). The fraction of sp³-hybridized carbons (Fsp3) is 0.368. The van der Waals surface area contributed by atoms with Gasteiger partial charge in [0.2, 0.25) is 0 Å². The molecular formula is C19H21NO. The van der Waals surface area contributed by atoms with E-state index in [1.54, 1.807) is 7.11 Å². The van der Waals surface area contributed by atoms with Crippen molar-refractivity contribution in [3.8, 4) is 5.75 Å². The van der Waals surface area contributed by atoms with E-state index in [4.69, 9.17) is 4.74 Å². The summed E-state index contributed by atoms with van der Waals surface area (Å²) in [4.78, 5) is 0. The zero-order chi connectivity index (χ0) is 14.2. The number of fused-ring (bicyclic) bond motifs is 5. The van der Waals surface area contributed by atoms with Gasteiger partial charge in [-0.2, -0.15) is 0 Å². The summed E-state index contributed by atoms with van der Waals surface area (Å²) in [6.07, 6.45) is 3.51. The minimum absolute atomic E-state index is 0.461. The van der Waals surface area contributed by atoms with Gasteiger partial charge >= 0.3 is 0 Å². The van der Waals surface area contributed by atoms with Crippen LogP contribution in [-0.2, 0) is 12.8 Å². The van der Waals surface area contributed by atoms with Gasteiger partial charge < -0.3 is 10.1 Å². The SMILES string of the molecule is COc1ccc2c(c1)C1c3ccccc3CC[C@H]1NCC2. The van der Waals surface area contributed by atoms with Crippen molar-refractivity contribution in [1.82, 2.24) is 5.32 Å².